The summed E-state index contributed by atoms with van der Waals surface area (Å²) in [6.45, 7) is 4.07. The molecule has 0 amide bonds. The lowest BCUT2D eigenvalue weighted by Gasteiger charge is -2.31. The van der Waals surface area contributed by atoms with Crippen LogP contribution in [0.4, 0.5) is 0 Å². The summed E-state index contributed by atoms with van der Waals surface area (Å²) in [4.78, 5) is 0. The number of hydrogen-bond donors (Lipinski definition) is 2. The highest BCUT2D eigenvalue weighted by Crippen LogP contribution is 2.21. The van der Waals surface area contributed by atoms with Crippen LogP contribution in [-0.4, -0.2) is 39.4 Å². The van der Waals surface area contributed by atoms with Crippen LogP contribution in [0.15, 0.2) is 16.8 Å². The number of thiophene rings is 1. The molecule has 1 saturated heterocycles. The molecule has 1 atom stereocenters. The van der Waals surface area contributed by atoms with Gasteiger partial charge in [0.1, 0.15) is 0 Å². The van der Waals surface area contributed by atoms with Gasteiger partial charge in [-0.2, -0.15) is 28.8 Å². The number of nitrogens with zero attached hydrogens (tertiary/aromatic N) is 1. The highest BCUT2D eigenvalue weighted by atomic mass is 32.2. The van der Waals surface area contributed by atoms with E-state index >= 15 is 0 Å². The lowest BCUT2D eigenvalue weighted by Crippen LogP contribution is -2.46. The van der Waals surface area contributed by atoms with Gasteiger partial charge in [0.05, 0.1) is 0 Å². The Hall–Kier alpha value is -0.470. The Morgan fingerprint density at radius 3 is 2.70 bits per heavy atom. The molecule has 1 aromatic rings. The second-order valence-electron chi connectivity index (χ2n) is 5.30. The van der Waals surface area contributed by atoms with Crippen LogP contribution in [-0.2, 0) is 10.2 Å². The van der Waals surface area contributed by atoms with Gasteiger partial charge in [0.25, 0.3) is 10.2 Å². The molecule has 5 nitrogen and oxygen atoms in total. The molecule has 0 spiro atoms. The molecule has 1 aromatic heterocycles. The lowest BCUT2D eigenvalue weighted by molar-refractivity contribution is 0.267. The molecule has 0 aromatic carbocycles. The highest BCUT2D eigenvalue weighted by molar-refractivity contribution is 7.87. The summed E-state index contributed by atoms with van der Waals surface area (Å²) in [5.41, 5.74) is 1.02. The molecular formula is C13H23N3O2S2. The maximum atomic E-state index is 12.4. The van der Waals surface area contributed by atoms with Crippen molar-refractivity contribution in [2.75, 3.05) is 26.7 Å². The zero-order valence-electron chi connectivity index (χ0n) is 12.0. The van der Waals surface area contributed by atoms with Crippen molar-refractivity contribution in [2.45, 2.75) is 25.8 Å². The van der Waals surface area contributed by atoms with Gasteiger partial charge >= 0.3 is 0 Å². The Labute approximate surface area is 125 Å². The third-order valence-electron chi connectivity index (χ3n) is 3.78. The number of rotatable bonds is 6. The fourth-order valence-electron chi connectivity index (χ4n) is 2.53. The van der Waals surface area contributed by atoms with Gasteiger partial charge in [0.2, 0.25) is 0 Å². The third-order valence-corrected chi connectivity index (χ3v) is 6.17. The molecular weight excluding hydrogens is 294 g/mol. The molecule has 2 heterocycles. The molecule has 1 aliphatic rings. The summed E-state index contributed by atoms with van der Waals surface area (Å²) in [5, 5.41) is 7.10. The van der Waals surface area contributed by atoms with Crippen LogP contribution in [0, 0.1) is 5.92 Å². The van der Waals surface area contributed by atoms with E-state index in [4.69, 9.17) is 0 Å². The first-order valence-electron chi connectivity index (χ1n) is 6.97. The van der Waals surface area contributed by atoms with Crippen LogP contribution in [0.1, 0.15) is 31.4 Å². The van der Waals surface area contributed by atoms with Crippen molar-refractivity contribution >= 4 is 21.5 Å². The molecule has 1 aliphatic heterocycles. The van der Waals surface area contributed by atoms with Crippen LogP contribution in [0.5, 0.6) is 0 Å². The molecule has 2 rings (SSSR count). The first-order chi connectivity index (χ1) is 9.53. The van der Waals surface area contributed by atoms with Gasteiger partial charge in [0.15, 0.2) is 0 Å². The monoisotopic (exact) mass is 317 g/mol. The van der Waals surface area contributed by atoms with Gasteiger partial charge in [0, 0.05) is 19.1 Å². The zero-order chi connectivity index (χ0) is 14.6. The maximum absolute atomic E-state index is 12.4. The van der Waals surface area contributed by atoms with Crippen molar-refractivity contribution in [1.82, 2.24) is 14.3 Å². The molecule has 1 fully saturated rings. The number of hydrogen-bond acceptors (Lipinski definition) is 4. The SMILES string of the molecule is CNCC1CCN(S(=O)(=O)NC(C)c2ccsc2)CC1. The average Bonchev–Trinajstić information content (AvgIpc) is 2.93. The van der Waals surface area contributed by atoms with Crippen LogP contribution >= 0.6 is 11.3 Å². The van der Waals surface area contributed by atoms with E-state index in [9.17, 15) is 8.42 Å². The molecule has 0 saturated carbocycles. The average molecular weight is 317 g/mol. The smallest absolute Gasteiger partial charge is 0.279 e. The van der Waals surface area contributed by atoms with Gasteiger partial charge in [-0.05, 0) is 61.7 Å². The van der Waals surface area contributed by atoms with Crippen molar-refractivity contribution in [3.63, 3.8) is 0 Å². The Balaban J connectivity index is 1.91. The Morgan fingerprint density at radius 2 is 2.15 bits per heavy atom. The first kappa shape index (κ1) is 15.9. The fraction of sp³-hybridized carbons (Fsp3) is 0.692. The minimum atomic E-state index is -3.38. The van der Waals surface area contributed by atoms with E-state index in [0.29, 0.717) is 19.0 Å². The van der Waals surface area contributed by atoms with Crippen LogP contribution in [0.3, 0.4) is 0 Å². The van der Waals surface area contributed by atoms with Gasteiger partial charge in [-0.3, -0.25) is 0 Å². The summed E-state index contributed by atoms with van der Waals surface area (Å²) in [5.74, 6) is 0.584. The minimum Gasteiger partial charge on any atom is -0.319 e. The summed E-state index contributed by atoms with van der Waals surface area (Å²) < 4.78 is 29.1. The van der Waals surface area contributed by atoms with Crippen molar-refractivity contribution in [2.24, 2.45) is 5.92 Å². The largest absolute Gasteiger partial charge is 0.319 e. The van der Waals surface area contributed by atoms with Gasteiger partial charge in [-0.15, -0.1) is 0 Å². The lowest BCUT2D eigenvalue weighted by atomic mass is 9.98. The first-order valence-corrected chi connectivity index (χ1v) is 9.35. The maximum Gasteiger partial charge on any atom is 0.279 e. The van der Waals surface area contributed by atoms with Crippen molar-refractivity contribution in [1.29, 1.82) is 0 Å². The van der Waals surface area contributed by atoms with Crippen molar-refractivity contribution < 1.29 is 8.42 Å². The molecule has 0 radical (unpaired) electrons. The van der Waals surface area contributed by atoms with Crippen LogP contribution in [0.2, 0.25) is 0 Å². The van der Waals surface area contributed by atoms with E-state index < -0.39 is 10.2 Å². The normalized spacial score (nSPS) is 20.1. The van der Waals surface area contributed by atoms with E-state index in [0.717, 1.165) is 24.9 Å². The van der Waals surface area contributed by atoms with E-state index in [1.807, 2.05) is 30.8 Å². The topological polar surface area (TPSA) is 61.4 Å². The molecule has 7 heteroatoms. The Bertz CT molecular complexity index is 494. The zero-order valence-corrected chi connectivity index (χ0v) is 13.6. The molecule has 0 bridgehead atoms. The van der Waals surface area contributed by atoms with Crippen LogP contribution in [0.25, 0.3) is 0 Å². The predicted octanol–water partition coefficient (Wildman–Crippen LogP) is 1.57. The van der Waals surface area contributed by atoms with E-state index in [2.05, 4.69) is 10.0 Å². The summed E-state index contributed by atoms with van der Waals surface area (Å²) in [6, 6.07) is 1.78. The van der Waals surface area contributed by atoms with E-state index in [1.165, 1.54) is 0 Å². The van der Waals surface area contributed by atoms with Crippen molar-refractivity contribution in [3.8, 4) is 0 Å². The van der Waals surface area contributed by atoms with Gasteiger partial charge in [-0.1, -0.05) is 0 Å². The number of nitrogens with one attached hydrogen (secondary N) is 2. The fourth-order valence-corrected chi connectivity index (χ4v) is 4.71. The molecule has 20 heavy (non-hydrogen) atoms. The van der Waals surface area contributed by atoms with Crippen molar-refractivity contribution in [3.05, 3.63) is 22.4 Å². The minimum absolute atomic E-state index is 0.179. The molecule has 1 unspecified atom stereocenters. The van der Waals surface area contributed by atoms with E-state index in [-0.39, 0.29) is 6.04 Å². The molecule has 114 valence electrons. The molecule has 0 aliphatic carbocycles. The second-order valence-corrected chi connectivity index (χ2v) is 7.78. The standard InChI is InChI=1S/C13H23N3O2S2/c1-11(13-5-8-19-10-13)15-20(17,18)16-6-3-12(4-7-16)9-14-2/h5,8,10-12,14-15H,3-4,6-7,9H2,1-2H3. The second kappa shape index (κ2) is 7.00. The van der Waals surface area contributed by atoms with Crippen LogP contribution < -0.4 is 10.0 Å². The Kier molecular flexibility index (Phi) is 5.57. The third kappa shape index (κ3) is 4.02. The molecule has 2 N–H and O–H groups in total. The highest BCUT2D eigenvalue weighted by Gasteiger charge is 2.28. The van der Waals surface area contributed by atoms with E-state index in [1.54, 1.807) is 15.6 Å². The quantitative estimate of drug-likeness (QED) is 0.837. The summed E-state index contributed by atoms with van der Waals surface area (Å²) >= 11 is 1.58. The van der Waals surface area contributed by atoms with Gasteiger partial charge in [-0.25, -0.2) is 0 Å². The van der Waals surface area contributed by atoms with Gasteiger partial charge < -0.3 is 5.32 Å². The number of piperidine rings is 1. The Morgan fingerprint density at radius 1 is 1.45 bits per heavy atom. The summed E-state index contributed by atoms with van der Waals surface area (Å²) in [6.07, 6.45) is 1.85. The predicted molar refractivity (Wildman–Crippen MR) is 83.0 cm³/mol. The summed E-state index contributed by atoms with van der Waals surface area (Å²) in [7, 11) is -1.44.